The normalized spacial score (nSPS) is 17.4. The Kier molecular flexibility index (Phi) is 5.36. The molecule has 1 N–H and O–H groups in total. The Morgan fingerprint density at radius 2 is 2.29 bits per heavy atom. The van der Waals surface area contributed by atoms with E-state index in [9.17, 15) is 4.79 Å². The minimum atomic E-state index is 0.00226. The number of rotatable bonds is 6. The summed E-state index contributed by atoms with van der Waals surface area (Å²) in [5, 5.41) is 7.55. The number of thiophene rings is 1. The van der Waals surface area contributed by atoms with Crippen LogP contribution in [0.15, 0.2) is 12.1 Å². The number of amides is 1. The molecule has 0 bridgehead atoms. The Hall–Kier alpha value is -1.66. The number of ether oxygens (including phenoxy) is 1. The highest BCUT2D eigenvalue weighted by atomic mass is 32.1. The van der Waals surface area contributed by atoms with Crippen molar-refractivity contribution >= 4 is 17.2 Å². The third-order valence-electron chi connectivity index (χ3n) is 4.59. The van der Waals surface area contributed by atoms with Gasteiger partial charge < -0.3 is 10.1 Å². The van der Waals surface area contributed by atoms with Gasteiger partial charge in [-0.15, -0.1) is 11.3 Å². The number of carbonyl (C=O) groups is 1. The minimum Gasteiger partial charge on any atom is -0.373 e. The van der Waals surface area contributed by atoms with Gasteiger partial charge in [-0.05, 0) is 57.7 Å². The predicted octanol–water partition coefficient (Wildman–Crippen LogP) is 3.41. The molecule has 3 rings (SSSR count). The van der Waals surface area contributed by atoms with Crippen molar-refractivity contribution in [3.8, 4) is 0 Å². The molecule has 0 radical (unpaired) electrons. The monoisotopic (exact) mass is 347 g/mol. The first-order valence-corrected chi connectivity index (χ1v) is 9.44. The van der Waals surface area contributed by atoms with E-state index in [1.54, 1.807) is 11.3 Å². The average Bonchev–Trinajstić information content (AvgIpc) is 3.29. The molecule has 2 aromatic heterocycles. The maximum absolute atomic E-state index is 12.3. The Bertz CT molecular complexity index is 714. The molecule has 1 aliphatic heterocycles. The molecule has 2 aromatic rings. The van der Waals surface area contributed by atoms with Gasteiger partial charge >= 0.3 is 0 Å². The number of carbonyl (C=O) groups excluding carboxylic acids is 1. The molecule has 1 atom stereocenters. The van der Waals surface area contributed by atoms with Crippen molar-refractivity contribution in [3.63, 3.8) is 0 Å². The van der Waals surface area contributed by atoms with Crippen molar-refractivity contribution in [3.05, 3.63) is 38.8 Å². The third-order valence-corrected chi connectivity index (χ3v) is 5.77. The molecule has 0 unspecified atom stereocenters. The van der Waals surface area contributed by atoms with Crippen LogP contribution in [0.3, 0.4) is 0 Å². The quantitative estimate of drug-likeness (QED) is 0.871. The molecule has 0 spiro atoms. The summed E-state index contributed by atoms with van der Waals surface area (Å²) in [6.07, 6.45) is 3.16. The number of nitrogens with one attached hydrogen (secondary N) is 1. The lowest BCUT2D eigenvalue weighted by molar-refractivity contribution is 0.0958. The van der Waals surface area contributed by atoms with E-state index in [1.807, 2.05) is 23.7 Å². The highest BCUT2D eigenvalue weighted by Gasteiger charge is 2.21. The molecule has 1 amide bonds. The van der Waals surface area contributed by atoms with Crippen LogP contribution in [0.4, 0.5) is 0 Å². The van der Waals surface area contributed by atoms with Crippen molar-refractivity contribution in [1.82, 2.24) is 15.1 Å². The zero-order valence-electron chi connectivity index (χ0n) is 14.6. The molecule has 1 saturated heterocycles. The fourth-order valence-corrected chi connectivity index (χ4v) is 4.25. The van der Waals surface area contributed by atoms with Crippen LogP contribution in [0.2, 0.25) is 0 Å². The summed E-state index contributed by atoms with van der Waals surface area (Å²) in [5.74, 6) is 0.00226. The zero-order valence-corrected chi connectivity index (χ0v) is 15.4. The second kappa shape index (κ2) is 7.49. The summed E-state index contributed by atoms with van der Waals surface area (Å²) >= 11 is 1.55. The lowest BCUT2D eigenvalue weighted by Crippen LogP contribution is -2.25. The first-order chi connectivity index (χ1) is 11.6. The molecule has 3 heterocycles. The van der Waals surface area contributed by atoms with Gasteiger partial charge in [0.05, 0.1) is 16.7 Å². The van der Waals surface area contributed by atoms with Gasteiger partial charge in [-0.25, -0.2) is 0 Å². The average molecular weight is 347 g/mol. The second-order valence-corrected chi connectivity index (χ2v) is 7.29. The Labute approximate surface area is 147 Å². The highest BCUT2D eigenvalue weighted by molar-refractivity contribution is 7.14. The largest absolute Gasteiger partial charge is 0.373 e. The zero-order chi connectivity index (χ0) is 17.1. The lowest BCUT2D eigenvalue weighted by Gasteiger charge is -2.06. The maximum Gasteiger partial charge on any atom is 0.261 e. The topological polar surface area (TPSA) is 56.2 Å². The van der Waals surface area contributed by atoms with E-state index in [1.165, 1.54) is 11.3 Å². The fourth-order valence-electron chi connectivity index (χ4n) is 3.24. The van der Waals surface area contributed by atoms with Gasteiger partial charge in [-0.3, -0.25) is 9.48 Å². The summed E-state index contributed by atoms with van der Waals surface area (Å²) in [4.78, 5) is 14.3. The van der Waals surface area contributed by atoms with Gasteiger partial charge in [-0.1, -0.05) is 0 Å². The molecule has 0 aliphatic carbocycles. The number of aromatic nitrogens is 2. The van der Waals surface area contributed by atoms with Gasteiger partial charge in [0, 0.05) is 30.3 Å². The summed E-state index contributed by atoms with van der Waals surface area (Å²) in [7, 11) is 0. The Morgan fingerprint density at radius 1 is 1.46 bits per heavy atom. The first kappa shape index (κ1) is 17.2. The van der Waals surface area contributed by atoms with E-state index in [0.29, 0.717) is 6.54 Å². The summed E-state index contributed by atoms with van der Waals surface area (Å²) in [6.45, 7) is 8.54. The Balaban J connectivity index is 1.55. The van der Waals surface area contributed by atoms with E-state index >= 15 is 0 Å². The van der Waals surface area contributed by atoms with Crippen molar-refractivity contribution in [2.24, 2.45) is 0 Å². The van der Waals surface area contributed by atoms with Crippen LogP contribution in [0, 0.1) is 13.8 Å². The minimum absolute atomic E-state index is 0.00226. The van der Waals surface area contributed by atoms with Gasteiger partial charge in [0.2, 0.25) is 0 Å². The van der Waals surface area contributed by atoms with Crippen molar-refractivity contribution in [2.75, 3.05) is 13.2 Å². The number of nitrogens with zero attached hydrogens (tertiary/aromatic N) is 2. The van der Waals surface area contributed by atoms with Crippen LogP contribution in [0.1, 0.15) is 57.4 Å². The van der Waals surface area contributed by atoms with Crippen LogP contribution in [-0.2, 0) is 17.7 Å². The lowest BCUT2D eigenvalue weighted by atomic mass is 10.1. The third kappa shape index (κ3) is 3.54. The van der Waals surface area contributed by atoms with E-state index in [4.69, 9.17) is 4.74 Å². The molecule has 1 fully saturated rings. The van der Waals surface area contributed by atoms with Crippen LogP contribution in [0.5, 0.6) is 0 Å². The van der Waals surface area contributed by atoms with Gasteiger partial charge in [0.1, 0.15) is 0 Å². The fraction of sp³-hybridized carbons (Fsp3) is 0.556. The van der Waals surface area contributed by atoms with Gasteiger partial charge in [-0.2, -0.15) is 5.10 Å². The molecule has 0 aromatic carbocycles. The molecular weight excluding hydrogens is 322 g/mol. The van der Waals surface area contributed by atoms with E-state index in [-0.39, 0.29) is 12.0 Å². The van der Waals surface area contributed by atoms with E-state index in [2.05, 4.69) is 24.3 Å². The van der Waals surface area contributed by atoms with Crippen LogP contribution in [-0.4, -0.2) is 28.8 Å². The number of hydrogen-bond acceptors (Lipinski definition) is 4. The molecule has 130 valence electrons. The smallest absolute Gasteiger partial charge is 0.261 e. The Morgan fingerprint density at radius 3 is 2.96 bits per heavy atom. The van der Waals surface area contributed by atoms with Crippen LogP contribution >= 0.6 is 11.3 Å². The van der Waals surface area contributed by atoms with Crippen molar-refractivity contribution in [2.45, 2.75) is 52.7 Å². The molecule has 0 saturated carbocycles. The van der Waals surface area contributed by atoms with Crippen LogP contribution in [0.25, 0.3) is 0 Å². The summed E-state index contributed by atoms with van der Waals surface area (Å²) in [5.41, 5.74) is 3.49. The standard InChI is InChI=1S/C18H25N3O2S/c1-4-21-13(3)14(12(2)20-21)9-10-19-18(22)17-8-7-16(24-17)15-6-5-11-23-15/h7-8,15H,4-6,9-11H2,1-3H3,(H,19,22)/t15-/m0/s1. The molecular formula is C18H25N3O2S. The molecule has 5 nitrogen and oxygen atoms in total. The highest BCUT2D eigenvalue weighted by Crippen LogP contribution is 2.33. The predicted molar refractivity (Wildman–Crippen MR) is 95.7 cm³/mol. The molecule has 6 heteroatoms. The second-order valence-electron chi connectivity index (χ2n) is 6.17. The molecule has 24 heavy (non-hydrogen) atoms. The van der Waals surface area contributed by atoms with Crippen molar-refractivity contribution in [1.29, 1.82) is 0 Å². The van der Waals surface area contributed by atoms with Crippen LogP contribution < -0.4 is 5.32 Å². The maximum atomic E-state index is 12.3. The van der Waals surface area contributed by atoms with Crippen molar-refractivity contribution < 1.29 is 9.53 Å². The number of hydrogen-bond donors (Lipinski definition) is 1. The SMILES string of the molecule is CCn1nc(C)c(CCNC(=O)c2ccc([C@@H]3CCCO3)s2)c1C. The van der Waals surface area contributed by atoms with Gasteiger partial charge in [0.25, 0.3) is 5.91 Å². The van der Waals surface area contributed by atoms with E-state index < -0.39 is 0 Å². The number of aryl methyl sites for hydroxylation is 2. The summed E-state index contributed by atoms with van der Waals surface area (Å²) in [6, 6.07) is 3.93. The van der Waals surface area contributed by atoms with E-state index in [0.717, 1.165) is 47.9 Å². The first-order valence-electron chi connectivity index (χ1n) is 8.62. The van der Waals surface area contributed by atoms with Gasteiger partial charge in [0.15, 0.2) is 0 Å². The summed E-state index contributed by atoms with van der Waals surface area (Å²) < 4.78 is 7.69. The molecule has 1 aliphatic rings.